The minimum atomic E-state index is -3.60. The lowest BCUT2D eigenvalue weighted by Crippen LogP contribution is -2.66. The van der Waals surface area contributed by atoms with Crippen LogP contribution in [0.2, 0.25) is 5.02 Å². The van der Waals surface area contributed by atoms with E-state index in [-0.39, 0.29) is 34.9 Å². The van der Waals surface area contributed by atoms with Crippen molar-refractivity contribution in [3.05, 3.63) is 56.5 Å². The van der Waals surface area contributed by atoms with E-state index in [0.29, 0.717) is 28.2 Å². The highest BCUT2D eigenvalue weighted by molar-refractivity contribution is 7.93. The fourth-order valence-corrected chi connectivity index (χ4v) is 8.86. The largest absolute Gasteiger partial charge is 0.362 e. The molecule has 1 saturated heterocycles. The predicted molar refractivity (Wildman–Crippen MR) is 125 cm³/mol. The van der Waals surface area contributed by atoms with Crippen LogP contribution in [0.5, 0.6) is 0 Å². The van der Waals surface area contributed by atoms with Crippen LogP contribution in [0.1, 0.15) is 59.1 Å². The normalized spacial score (nSPS) is 24.2. The highest BCUT2D eigenvalue weighted by Crippen LogP contribution is 2.45. The topological polar surface area (TPSA) is 99.1 Å². The fourth-order valence-electron chi connectivity index (χ4n) is 4.68. The van der Waals surface area contributed by atoms with E-state index in [1.807, 2.05) is 0 Å². The predicted octanol–water partition coefficient (Wildman–Crippen LogP) is 4.38. The summed E-state index contributed by atoms with van der Waals surface area (Å²) in [6, 6.07) is 7.47. The molecule has 2 aromatic rings. The van der Waals surface area contributed by atoms with Gasteiger partial charge in [-0.3, -0.25) is 10.2 Å². The van der Waals surface area contributed by atoms with Crippen molar-refractivity contribution in [2.75, 3.05) is 5.75 Å². The molecular formula is C22H25ClFN3O3S2. The molecule has 1 saturated carbocycles. The Hall–Kier alpha value is -1.97. The van der Waals surface area contributed by atoms with Gasteiger partial charge in [0.15, 0.2) is 9.84 Å². The summed E-state index contributed by atoms with van der Waals surface area (Å²) < 4.78 is 38.9. The van der Waals surface area contributed by atoms with Gasteiger partial charge in [-0.2, -0.15) is 0 Å². The van der Waals surface area contributed by atoms with Crippen molar-refractivity contribution in [1.82, 2.24) is 10.6 Å². The SMILES string of the molecule is C[C@@]1(c2sc(C(=O)NCc3cccc(F)c3)cc2Cl)CS(=O)(=O)C2(CCCCC2)C(=N)N1. The third kappa shape index (κ3) is 4.06. The molecule has 2 aliphatic rings. The number of nitrogens with one attached hydrogen (secondary N) is 3. The number of sulfone groups is 1. The summed E-state index contributed by atoms with van der Waals surface area (Å²) in [7, 11) is -3.60. The second-order valence-corrected chi connectivity index (χ2v) is 12.5. The smallest absolute Gasteiger partial charge is 0.261 e. The quantitative estimate of drug-likeness (QED) is 0.583. The van der Waals surface area contributed by atoms with Crippen molar-refractivity contribution in [3.8, 4) is 0 Å². The molecule has 6 nitrogen and oxygen atoms in total. The zero-order chi connectivity index (χ0) is 23.1. The van der Waals surface area contributed by atoms with Gasteiger partial charge >= 0.3 is 0 Å². The zero-order valence-electron chi connectivity index (χ0n) is 17.6. The van der Waals surface area contributed by atoms with Crippen LogP contribution in [0.25, 0.3) is 0 Å². The van der Waals surface area contributed by atoms with Crippen LogP contribution in [0, 0.1) is 11.2 Å². The maximum Gasteiger partial charge on any atom is 0.261 e. The van der Waals surface area contributed by atoms with E-state index in [9.17, 15) is 17.6 Å². The van der Waals surface area contributed by atoms with Gasteiger partial charge in [-0.15, -0.1) is 11.3 Å². The summed E-state index contributed by atoms with van der Waals surface area (Å²) in [6.07, 6.45) is 3.48. The molecule has 0 unspecified atom stereocenters. The van der Waals surface area contributed by atoms with Gasteiger partial charge in [-0.05, 0) is 43.5 Å². The molecule has 1 aliphatic carbocycles. The van der Waals surface area contributed by atoms with Crippen molar-refractivity contribution in [3.63, 3.8) is 0 Å². The van der Waals surface area contributed by atoms with Crippen LogP contribution in [0.15, 0.2) is 30.3 Å². The monoisotopic (exact) mass is 497 g/mol. The third-order valence-electron chi connectivity index (χ3n) is 6.35. The van der Waals surface area contributed by atoms with Crippen LogP contribution in [0.3, 0.4) is 0 Å². The van der Waals surface area contributed by atoms with E-state index in [1.54, 1.807) is 19.1 Å². The minimum Gasteiger partial charge on any atom is -0.362 e. The van der Waals surface area contributed by atoms with Crippen molar-refractivity contribution >= 4 is 44.5 Å². The molecule has 3 N–H and O–H groups in total. The summed E-state index contributed by atoms with van der Waals surface area (Å²) >= 11 is 7.55. The highest BCUT2D eigenvalue weighted by Gasteiger charge is 2.56. The second-order valence-electron chi connectivity index (χ2n) is 8.75. The molecule has 0 bridgehead atoms. The third-order valence-corrected chi connectivity index (χ3v) is 10.9. The Morgan fingerprint density at radius 3 is 2.66 bits per heavy atom. The first kappa shape index (κ1) is 23.2. The molecule has 32 heavy (non-hydrogen) atoms. The van der Waals surface area contributed by atoms with E-state index in [0.717, 1.165) is 30.6 Å². The molecule has 172 valence electrons. The van der Waals surface area contributed by atoms with Crippen molar-refractivity contribution in [1.29, 1.82) is 5.41 Å². The summed E-state index contributed by atoms with van der Waals surface area (Å²) in [6.45, 7) is 1.86. The molecule has 1 amide bonds. The molecule has 1 aromatic heterocycles. The van der Waals surface area contributed by atoms with Crippen molar-refractivity contribution < 1.29 is 17.6 Å². The Morgan fingerprint density at radius 1 is 1.28 bits per heavy atom. The van der Waals surface area contributed by atoms with E-state index in [1.165, 1.54) is 18.2 Å². The van der Waals surface area contributed by atoms with E-state index < -0.39 is 20.1 Å². The first-order valence-electron chi connectivity index (χ1n) is 10.5. The lowest BCUT2D eigenvalue weighted by molar-refractivity contribution is 0.0955. The molecule has 1 spiro atoms. The van der Waals surface area contributed by atoms with Gasteiger partial charge < -0.3 is 10.6 Å². The minimum absolute atomic E-state index is 0.0209. The average Bonchev–Trinajstić information content (AvgIpc) is 3.14. The van der Waals surface area contributed by atoms with Gasteiger partial charge in [0, 0.05) is 6.54 Å². The Bertz CT molecular complexity index is 1170. The molecule has 1 aliphatic heterocycles. The van der Waals surface area contributed by atoms with Gasteiger partial charge in [0.05, 0.1) is 26.1 Å². The summed E-state index contributed by atoms with van der Waals surface area (Å²) in [4.78, 5) is 13.5. The molecule has 4 rings (SSSR count). The number of hydrogen-bond donors (Lipinski definition) is 3. The van der Waals surface area contributed by atoms with Crippen LogP contribution in [-0.2, 0) is 21.9 Å². The molecule has 2 fully saturated rings. The van der Waals surface area contributed by atoms with Crippen LogP contribution < -0.4 is 10.6 Å². The first-order chi connectivity index (χ1) is 15.1. The van der Waals surface area contributed by atoms with Crippen LogP contribution in [-0.4, -0.2) is 30.7 Å². The van der Waals surface area contributed by atoms with E-state index >= 15 is 0 Å². The first-order valence-corrected chi connectivity index (χ1v) is 13.3. The summed E-state index contributed by atoms with van der Waals surface area (Å²) in [5.41, 5.74) is -0.471. The summed E-state index contributed by atoms with van der Waals surface area (Å²) in [5.74, 6) is -0.928. The molecule has 2 heterocycles. The van der Waals surface area contributed by atoms with Crippen molar-refractivity contribution in [2.24, 2.45) is 0 Å². The number of carbonyl (C=O) groups excluding carboxylic acids is 1. The molecular weight excluding hydrogens is 473 g/mol. The lowest BCUT2D eigenvalue weighted by atomic mass is 9.86. The maximum atomic E-state index is 13.4. The Labute approximate surface area is 196 Å². The van der Waals surface area contributed by atoms with E-state index in [2.05, 4.69) is 10.6 Å². The summed E-state index contributed by atoms with van der Waals surface area (Å²) in [5, 5.41) is 14.7. The number of amidine groups is 1. The highest BCUT2D eigenvalue weighted by atomic mass is 35.5. The van der Waals surface area contributed by atoms with Gasteiger partial charge in [0.1, 0.15) is 16.4 Å². The number of hydrogen-bond acceptors (Lipinski definition) is 5. The fraction of sp³-hybridized carbons (Fsp3) is 0.455. The maximum absolute atomic E-state index is 13.4. The van der Waals surface area contributed by atoms with Gasteiger partial charge in [-0.1, -0.05) is 43.0 Å². The van der Waals surface area contributed by atoms with Gasteiger partial charge in [-0.25, -0.2) is 12.8 Å². The average molecular weight is 498 g/mol. The number of thiophene rings is 1. The standard InChI is InChI=1S/C22H25ClFN3O3S2/c1-21(13-32(29,30)22(20(25)27-21)8-3-2-4-9-22)18-16(23)11-17(31-18)19(28)26-12-14-6-5-7-15(24)10-14/h5-7,10-11H,2-4,8-9,12-13H2,1H3,(H2,25,27)(H,26,28)/t21-/m0/s1. The van der Waals surface area contributed by atoms with Gasteiger partial charge in [0.25, 0.3) is 5.91 Å². The molecule has 1 aromatic carbocycles. The Kier molecular flexibility index (Phi) is 6.11. The van der Waals surface area contributed by atoms with Crippen LogP contribution >= 0.6 is 22.9 Å². The second kappa shape index (κ2) is 8.43. The zero-order valence-corrected chi connectivity index (χ0v) is 20.0. The van der Waals surface area contributed by atoms with Gasteiger partial charge in [0.2, 0.25) is 0 Å². The number of amides is 1. The number of rotatable bonds is 4. The van der Waals surface area contributed by atoms with E-state index in [4.69, 9.17) is 17.0 Å². The Morgan fingerprint density at radius 2 is 2.00 bits per heavy atom. The van der Waals surface area contributed by atoms with Crippen LogP contribution in [0.4, 0.5) is 4.39 Å². The number of benzene rings is 1. The molecule has 1 atom stereocenters. The number of carbonyl (C=O) groups is 1. The molecule has 0 radical (unpaired) electrons. The Balaban J connectivity index is 1.55. The van der Waals surface area contributed by atoms with Crippen molar-refractivity contribution in [2.45, 2.75) is 55.9 Å². The number of halogens is 2. The lowest BCUT2D eigenvalue weighted by Gasteiger charge is -2.47. The molecule has 10 heteroatoms.